The van der Waals surface area contributed by atoms with Crippen molar-refractivity contribution in [2.45, 2.75) is 33.4 Å². The van der Waals surface area contributed by atoms with E-state index in [4.69, 9.17) is 5.11 Å². The summed E-state index contributed by atoms with van der Waals surface area (Å²) in [5.41, 5.74) is 3.86. The van der Waals surface area contributed by atoms with Crippen molar-refractivity contribution < 1.29 is 5.11 Å². The average Bonchev–Trinajstić information content (AvgIpc) is 2.01. The van der Waals surface area contributed by atoms with Crippen LogP contribution in [0.1, 0.15) is 23.6 Å². The van der Waals surface area contributed by atoms with Gasteiger partial charge in [0.15, 0.2) is 0 Å². The highest BCUT2D eigenvalue weighted by Crippen LogP contribution is 2.08. The van der Waals surface area contributed by atoms with Crippen LogP contribution < -0.4 is 5.32 Å². The quantitative estimate of drug-likeness (QED) is 0.764. The van der Waals surface area contributed by atoms with E-state index in [1.807, 2.05) is 0 Å². The zero-order chi connectivity index (χ0) is 10.6. The van der Waals surface area contributed by atoms with Gasteiger partial charge in [0, 0.05) is 13.1 Å². The fourth-order valence-electron chi connectivity index (χ4n) is 1.60. The molecule has 2 nitrogen and oxygen atoms in total. The molecule has 1 rings (SSSR count). The van der Waals surface area contributed by atoms with Crippen LogP contribution in [-0.4, -0.2) is 17.8 Å². The lowest BCUT2D eigenvalue weighted by molar-refractivity contribution is 0.191. The van der Waals surface area contributed by atoms with E-state index >= 15 is 0 Å². The molecule has 0 heterocycles. The molecule has 0 bridgehead atoms. The monoisotopic (exact) mass is 193 g/mol. The zero-order valence-electron chi connectivity index (χ0n) is 9.17. The maximum atomic E-state index is 9.08. The first kappa shape index (κ1) is 11.2. The second-order valence-electron chi connectivity index (χ2n) is 3.98. The molecule has 0 saturated carbocycles. The number of aliphatic hydroxyl groups excluding tert-OH is 1. The molecule has 0 spiro atoms. The molecule has 0 radical (unpaired) electrons. The Hall–Kier alpha value is -0.860. The van der Waals surface area contributed by atoms with Crippen LogP contribution in [-0.2, 0) is 6.54 Å². The predicted octanol–water partition coefficient (Wildman–Crippen LogP) is 1.77. The number of benzene rings is 1. The summed E-state index contributed by atoms with van der Waals surface area (Å²) in [6, 6.07) is 6.50. The summed E-state index contributed by atoms with van der Waals surface area (Å²) in [5, 5.41) is 12.3. The summed E-state index contributed by atoms with van der Waals surface area (Å²) < 4.78 is 0. The van der Waals surface area contributed by atoms with Crippen molar-refractivity contribution in [1.29, 1.82) is 0 Å². The van der Waals surface area contributed by atoms with Crippen LogP contribution in [0.3, 0.4) is 0 Å². The minimum Gasteiger partial charge on any atom is -0.392 e. The third kappa shape index (κ3) is 3.90. The molecule has 1 aromatic carbocycles. The van der Waals surface area contributed by atoms with Gasteiger partial charge in [-0.15, -0.1) is 0 Å². The van der Waals surface area contributed by atoms with Gasteiger partial charge < -0.3 is 10.4 Å². The number of aliphatic hydroxyl groups is 1. The SMILES string of the molecule is Cc1cc(C)cc(CNC[C@@H](C)O)c1. The highest BCUT2D eigenvalue weighted by Gasteiger charge is 1.97. The van der Waals surface area contributed by atoms with Gasteiger partial charge in [-0.05, 0) is 26.3 Å². The molecule has 2 N–H and O–H groups in total. The summed E-state index contributed by atoms with van der Waals surface area (Å²) in [6.07, 6.45) is -0.277. The lowest BCUT2D eigenvalue weighted by atomic mass is 10.1. The van der Waals surface area contributed by atoms with Gasteiger partial charge in [-0.3, -0.25) is 0 Å². The van der Waals surface area contributed by atoms with Crippen molar-refractivity contribution in [1.82, 2.24) is 5.32 Å². The van der Waals surface area contributed by atoms with E-state index in [2.05, 4.69) is 37.4 Å². The number of hydrogen-bond donors (Lipinski definition) is 2. The van der Waals surface area contributed by atoms with Crippen molar-refractivity contribution in [3.63, 3.8) is 0 Å². The molecule has 78 valence electrons. The van der Waals surface area contributed by atoms with Crippen molar-refractivity contribution in [3.8, 4) is 0 Å². The molecular formula is C12H19NO. The smallest absolute Gasteiger partial charge is 0.0636 e. The van der Waals surface area contributed by atoms with E-state index in [1.165, 1.54) is 16.7 Å². The number of nitrogens with one attached hydrogen (secondary N) is 1. The molecule has 0 amide bonds. The Kier molecular flexibility index (Phi) is 4.11. The first-order chi connectivity index (χ1) is 6.58. The lowest BCUT2D eigenvalue weighted by Gasteiger charge is -2.08. The summed E-state index contributed by atoms with van der Waals surface area (Å²) in [4.78, 5) is 0. The van der Waals surface area contributed by atoms with Gasteiger partial charge in [0.2, 0.25) is 0 Å². The van der Waals surface area contributed by atoms with E-state index in [0.29, 0.717) is 6.54 Å². The van der Waals surface area contributed by atoms with Crippen LogP contribution >= 0.6 is 0 Å². The Balaban J connectivity index is 2.50. The van der Waals surface area contributed by atoms with Crippen molar-refractivity contribution in [2.24, 2.45) is 0 Å². The van der Waals surface area contributed by atoms with Crippen LogP contribution in [0.15, 0.2) is 18.2 Å². The van der Waals surface area contributed by atoms with Gasteiger partial charge in [0.25, 0.3) is 0 Å². The van der Waals surface area contributed by atoms with Crippen LogP contribution in [0.25, 0.3) is 0 Å². The van der Waals surface area contributed by atoms with E-state index in [-0.39, 0.29) is 6.10 Å². The fraction of sp³-hybridized carbons (Fsp3) is 0.500. The van der Waals surface area contributed by atoms with Crippen LogP contribution in [0, 0.1) is 13.8 Å². The largest absolute Gasteiger partial charge is 0.392 e. The fourth-order valence-corrected chi connectivity index (χ4v) is 1.60. The lowest BCUT2D eigenvalue weighted by Crippen LogP contribution is -2.23. The van der Waals surface area contributed by atoms with Gasteiger partial charge in [-0.25, -0.2) is 0 Å². The van der Waals surface area contributed by atoms with E-state index in [9.17, 15) is 0 Å². The third-order valence-corrected chi connectivity index (χ3v) is 2.05. The molecule has 0 fully saturated rings. The van der Waals surface area contributed by atoms with Crippen LogP contribution in [0.4, 0.5) is 0 Å². The van der Waals surface area contributed by atoms with Crippen LogP contribution in [0.5, 0.6) is 0 Å². The summed E-state index contributed by atoms with van der Waals surface area (Å²) in [5.74, 6) is 0. The van der Waals surface area contributed by atoms with E-state index in [0.717, 1.165) is 6.54 Å². The molecule has 1 atom stereocenters. The zero-order valence-corrected chi connectivity index (χ0v) is 9.17. The molecular weight excluding hydrogens is 174 g/mol. The standard InChI is InChI=1S/C12H19NO/c1-9-4-10(2)6-12(5-9)8-13-7-11(3)14/h4-6,11,13-14H,7-8H2,1-3H3/t11-/m1/s1. The summed E-state index contributed by atoms with van der Waals surface area (Å²) in [7, 11) is 0. The van der Waals surface area contributed by atoms with Crippen molar-refractivity contribution >= 4 is 0 Å². The number of rotatable bonds is 4. The Morgan fingerprint density at radius 2 is 1.79 bits per heavy atom. The molecule has 0 unspecified atom stereocenters. The number of aryl methyl sites for hydroxylation is 2. The van der Waals surface area contributed by atoms with Gasteiger partial charge in [-0.1, -0.05) is 29.3 Å². The van der Waals surface area contributed by atoms with Gasteiger partial charge in [0.1, 0.15) is 0 Å². The van der Waals surface area contributed by atoms with Crippen molar-refractivity contribution in [3.05, 3.63) is 34.9 Å². The molecule has 0 aliphatic carbocycles. The van der Waals surface area contributed by atoms with Gasteiger partial charge in [0.05, 0.1) is 6.10 Å². The molecule has 0 aliphatic rings. The number of hydrogen-bond acceptors (Lipinski definition) is 2. The minimum atomic E-state index is -0.277. The first-order valence-corrected chi connectivity index (χ1v) is 5.04. The predicted molar refractivity (Wildman–Crippen MR) is 59.3 cm³/mol. The normalized spacial score (nSPS) is 12.9. The van der Waals surface area contributed by atoms with E-state index < -0.39 is 0 Å². The van der Waals surface area contributed by atoms with Gasteiger partial charge >= 0.3 is 0 Å². The maximum Gasteiger partial charge on any atom is 0.0636 e. The first-order valence-electron chi connectivity index (χ1n) is 5.04. The third-order valence-electron chi connectivity index (χ3n) is 2.05. The summed E-state index contributed by atoms with van der Waals surface area (Å²) in [6.45, 7) is 7.46. The second-order valence-corrected chi connectivity index (χ2v) is 3.98. The second kappa shape index (κ2) is 5.13. The van der Waals surface area contributed by atoms with Crippen LogP contribution in [0.2, 0.25) is 0 Å². The topological polar surface area (TPSA) is 32.3 Å². The molecule has 14 heavy (non-hydrogen) atoms. The Morgan fingerprint density at radius 3 is 2.29 bits per heavy atom. The average molecular weight is 193 g/mol. The molecule has 0 aliphatic heterocycles. The maximum absolute atomic E-state index is 9.08. The highest BCUT2D eigenvalue weighted by atomic mass is 16.3. The summed E-state index contributed by atoms with van der Waals surface area (Å²) >= 11 is 0. The molecule has 0 aromatic heterocycles. The molecule has 2 heteroatoms. The van der Waals surface area contributed by atoms with E-state index in [1.54, 1.807) is 6.92 Å². The van der Waals surface area contributed by atoms with Gasteiger partial charge in [-0.2, -0.15) is 0 Å². The Morgan fingerprint density at radius 1 is 1.21 bits per heavy atom. The Labute approximate surface area is 86.0 Å². The minimum absolute atomic E-state index is 0.277. The molecule has 1 aromatic rings. The van der Waals surface area contributed by atoms with Crippen molar-refractivity contribution in [2.75, 3.05) is 6.54 Å². The Bertz CT molecular complexity index is 274. The highest BCUT2D eigenvalue weighted by molar-refractivity contribution is 5.28. The molecule has 0 saturated heterocycles.